The quantitative estimate of drug-likeness (QED) is 0.537. The third-order valence-corrected chi connectivity index (χ3v) is 4.24. The standard InChI is InChI=1S/C19H23N5O2/c1-14(25)23-18(11-15-12-22-17-6-3-2-5-16(15)17)19(26)21-7-4-9-24-10-8-20-13-24/h2-3,5-6,8,10,12-13,18,22H,4,7,9,11H2,1H3,(H,21,26)(H,23,25)/t18-/m1/s1. The summed E-state index contributed by atoms with van der Waals surface area (Å²) in [6, 6.07) is 7.32. The van der Waals surface area contributed by atoms with E-state index in [1.165, 1.54) is 6.92 Å². The van der Waals surface area contributed by atoms with Gasteiger partial charge in [0.05, 0.1) is 6.33 Å². The fraction of sp³-hybridized carbons (Fsp3) is 0.316. The van der Waals surface area contributed by atoms with Gasteiger partial charge in [-0.15, -0.1) is 0 Å². The number of imidazole rings is 1. The highest BCUT2D eigenvalue weighted by Crippen LogP contribution is 2.19. The van der Waals surface area contributed by atoms with Gasteiger partial charge in [-0.1, -0.05) is 18.2 Å². The summed E-state index contributed by atoms with van der Waals surface area (Å²) in [5, 5.41) is 6.74. The predicted molar refractivity (Wildman–Crippen MR) is 99.5 cm³/mol. The second kappa shape index (κ2) is 8.33. The molecule has 2 amide bonds. The molecule has 0 saturated heterocycles. The van der Waals surface area contributed by atoms with Gasteiger partial charge >= 0.3 is 0 Å². The molecule has 136 valence electrons. The summed E-state index contributed by atoms with van der Waals surface area (Å²) in [5.74, 6) is -0.389. The Bertz CT molecular complexity index is 869. The molecule has 3 aromatic rings. The van der Waals surface area contributed by atoms with Crippen LogP contribution in [0.2, 0.25) is 0 Å². The van der Waals surface area contributed by atoms with Crippen LogP contribution in [0.25, 0.3) is 10.9 Å². The van der Waals surface area contributed by atoms with Crippen molar-refractivity contribution in [3.63, 3.8) is 0 Å². The molecule has 0 radical (unpaired) electrons. The number of amides is 2. The number of H-pyrrole nitrogens is 1. The maximum absolute atomic E-state index is 12.5. The monoisotopic (exact) mass is 353 g/mol. The molecule has 1 atom stereocenters. The molecule has 0 aliphatic rings. The van der Waals surface area contributed by atoms with Crippen molar-refractivity contribution < 1.29 is 9.59 Å². The van der Waals surface area contributed by atoms with Gasteiger partial charge in [-0.05, 0) is 18.1 Å². The minimum Gasteiger partial charge on any atom is -0.361 e. The van der Waals surface area contributed by atoms with Crippen LogP contribution >= 0.6 is 0 Å². The summed E-state index contributed by atoms with van der Waals surface area (Å²) in [4.78, 5) is 31.3. The van der Waals surface area contributed by atoms with Crippen molar-refractivity contribution in [2.45, 2.75) is 32.4 Å². The molecule has 0 unspecified atom stereocenters. The van der Waals surface area contributed by atoms with E-state index in [1.54, 1.807) is 12.5 Å². The van der Waals surface area contributed by atoms with Crippen LogP contribution in [0.4, 0.5) is 0 Å². The highest BCUT2D eigenvalue weighted by atomic mass is 16.2. The molecule has 0 aliphatic heterocycles. The Labute approximate surface area is 151 Å². The molecule has 7 nitrogen and oxygen atoms in total. The first kappa shape index (κ1) is 17.7. The maximum atomic E-state index is 12.5. The lowest BCUT2D eigenvalue weighted by Crippen LogP contribution is -2.47. The number of nitrogens with one attached hydrogen (secondary N) is 3. The van der Waals surface area contributed by atoms with E-state index in [1.807, 2.05) is 41.2 Å². The minimum absolute atomic E-state index is 0.170. The molecule has 0 bridgehead atoms. The lowest BCUT2D eigenvalue weighted by Gasteiger charge is -2.17. The normalized spacial score (nSPS) is 12.0. The number of fused-ring (bicyclic) bond motifs is 1. The number of hydrogen-bond donors (Lipinski definition) is 3. The van der Waals surface area contributed by atoms with Gasteiger partial charge in [0.2, 0.25) is 11.8 Å². The highest BCUT2D eigenvalue weighted by molar-refractivity contribution is 5.89. The molecular formula is C19H23N5O2. The Morgan fingerprint density at radius 1 is 1.31 bits per heavy atom. The van der Waals surface area contributed by atoms with Gasteiger partial charge < -0.3 is 20.2 Å². The molecule has 0 fully saturated rings. The van der Waals surface area contributed by atoms with E-state index in [4.69, 9.17) is 0 Å². The van der Waals surface area contributed by atoms with Crippen LogP contribution in [-0.4, -0.2) is 38.9 Å². The van der Waals surface area contributed by atoms with Crippen molar-refractivity contribution >= 4 is 22.7 Å². The van der Waals surface area contributed by atoms with Crippen LogP contribution < -0.4 is 10.6 Å². The van der Waals surface area contributed by atoms with Crippen molar-refractivity contribution in [1.29, 1.82) is 0 Å². The number of benzene rings is 1. The lowest BCUT2D eigenvalue weighted by atomic mass is 10.0. The van der Waals surface area contributed by atoms with Crippen LogP contribution in [0.1, 0.15) is 18.9 Å². The van der Waals surface area contributed by atoms with Crippen molar-refractivity contribution in [3.05, 3.63) is 54.7 Å². The lowest BCUT2D eigenvalue weighted by molar-refractivity contribution is -0.128. The van der Waals surface area contributed by atoms with Crippen LogP contribution in [0.3, 0.4) is 0 Å². The number of carbonyl (C=O) groups is 2. The van der Waals surface area contributed by atoms with Gasteiger partial charge in [0.15, 0.2) is 0 Å². The zero-order valence-corrected chi connectivity index (χ0v) is 14.7. The molecule has 2 aromatic heterocycles. The van der Waals surface area contributed by atoms with Gasteiger partial charge in [0.1, 0.15) is 6.04 Å². The van der Waals surface area contributed by atoms with Crippen LogP contribution in [-0.2, 0) is 22.6 Å². The zero-order chi connectivity index (χ0) is 18.4. The first-order valence-electron chi connectivity index (χ1n) is 8.69. The second-order valence-corrected chi connectivity index (χ2v) is 6.26. The molecule has 7 heteroatoms. The number of para-hydroxylation sites is 1. The number of aryl methyl sites for hydroxylation is 1. The van der Waals surface area contributed by atoms with Gasteiger partial charge in [-0.3, -0.25) is 9.59 Å². The number of aromatic nitrogens is 3. The third kappa shape index (κ3) is 4.50. The van der Waals surface area contributed by atoms with Crippen molar-refractivity contribution in [2.75, 3.05) is 6.54 Å². The molecule has 0 aliphatic carbocycles. The average molecular weight is 353 g/mol. The van der Waals surface area contributed by atoms with Crippen LogP contribution in [0.15, 0.2) is 49.2 Å². The molecule has 26 heavy (non-hydrogen) atoms. The van der Waals surface area contributed by atoms with Crippen molar-refractivity contribution in [3.8, 4) is 0 Å². The van der Waals surface area contributed by atoms with Crippen LogP contribution in [0, 0.1) is 0 Å². The smallest absolute Gasteiger partial charge is 0.242 e. The summed E-state index contributed by atoms with van der Waals surface area (Å²) in [7, 11) is 0. The Balaban J connectivity index is 1.59. The Morgan fingerprint density at radius 3 is 2.92 bits per heavy atom. The number of aromatic amines is 1. The van der Waals surface area contributed by atoms with Crippen molar-refractivity contribution in [2.24, 2.45) is 0 Å². The molecule has 1 aromatic carbocycles. The summed E-state index contributed by atoms with van der Waals surface area (Å²) in [5.41, 5.74) is 2.03. The molecule has 3 N–H and O–H groups in total. The zero-order valence-electron chi connectivity index (χ0n) is 14.7. The maximum Gasteiger partial charge on any atom is 0.242 e. The summed E-state index contributed by atoms with van der Waals surface area (Å²) in [6.45, 7) is 2.75. The predicted octanol–water partition coefficient (Wildman–Crippen LogP) is 1.62. The van der Waals surface area contributed by atoms with E-state index in [9.17, 15) is 9.59 Å². The molecule has 2 heterocycles. The summed E-state index contributed by atoms with van der Waals surface area (Å²) < 4.78 is 1.96. The highest BCUT2D eigenvalue weighted by Gasteiger charge is 2.21. The SMILES string of the molecule is CC(=O)N[C@H](Cc1c[nH]c2ccccc12)C(=O)NCCCn1ccnc1. The number of rotatable bonds is 8. The first-order chi connectivity index (χ1) is 12.6. The van der Waals surface area contributed by atoms with E-state index in [0.717, 1.165) is 29.4 Å². The van der Waals surface area contributed by atoms with E-state index in [0.29, 0.717) is 13.0 Å². The largest absolute Gasteiger partial charge is 0.361 e. The van der Waals surface area contributed by atoms with Gasteiger partial charge in [0, 0.05) is 55.9 Å². The Kier molecular flexibility index (Phi) is 5.68. The van der Waals surface area contributed by atoms with E-state index < -0.39 is 6.04 Å². The molecule has 3 rings (SSSR count). The fourth-order valence-electron chi connectivity index (χ4n) is 2.99. The van der Waals surface area contributed by atoms with Crippen molar-refractivity contribution in [1.82, 2.24) is 25.2 Å². The van der Waals surface area contributed by atoms with E-state index >= 15 is 0 Å². The molecule has 0 spiro atoms. The van der Waals surface area contributed by atoms with Gasteiger partial charge in [-0.2, -0.15) is 0 Å². The summed E-state index contributed by atoms with van der Waals surface area (Å²) >= 11 is 0. The topological polar surface area (TPSA) is 91.8 Å². The van der Waals surface area contributed by atoms with E-state index in [2.05, 4.69) is 20.6 Å². The van der Waals surface area contributed by atoms with Gasteiger partial charge in [-0.25, -0.2) is 4.98 Å². The van der Waals surface area contributed by atoms with E-state index in [-0.39, 0.29) is 11.8 Å². The minimum atomic E-state index is -0.597. The second-order valence-electron chi connectivity index (χ2n) is 6.26. The van der Waals surface area contributed by atoms with Gasteiger partial charge in [0.25, 0.3) is 0 Å². The Hall–Kier alpha value is -3.09. The fourth-order valence-corrected chi connectivity index (χ4v) is 2.99. The van der Waals surface area contributed by atoms with Crippen LogP contribution in [0.5, 0.6) is 0 Å². The Morgan fingerprint density at radius 2 is 2.15 bits per heavy atom. The number of hydrogen-bond acceptors (Lipinski definition) is 3. The number of nitrogens with zero attached hydrogens (tertiary/aromatic N) is 2. The number of carbonyl (C=O) groups excluding carboxylic acids is 2. The summed E-state index contributed by atoms with van der Waals surface area (Å²) in [6.07, 6.45) is 8.50. The molecular weight excluding hydrogens is 330 g/mol. The molecule has 0 saturated carbocycles. The average Bonchev–Trinajstić information content (AvgIpc) is 3.28. The third-order valence-electron chi connectivity index (χ3n) is 4.24. The first-order valence-corrected chi connectivity index (χ1v) is 8.69.